The van der Waals surface area contributed by atoms with Crippen LogP contribution in [-0.4, -0.2) is 20.2 Å². The normalized spacial score (nSPS) is 10.4. The Morgan fingerprint density at radius 2 is 2.42 bits per heavy atom. The molecule has 0 aliphatic carbocycles. The smallest absolute Gasteiger partial charge is 0.287 e. The molecular weight excluding hydrogens is 178 g/mol. The lowest BCUT2D eigenvalue weighted by molar-refractivity contribution is 0.107. The van der Waals surface area contributed by atoms with E-state index in [1.807, 2.05) is 0 Å². The van der Waals surface area contributed by atoms with Crippen LogP contribution in [0.15, 0.2) is 18.5 Å². The van der Waals surface area contributed by atoms with E-state index < -0.39 is 5.24 Å². The number of imidazole rings is 1. The average molecular weight is 182 g/mol. The number of carbonyl (C=O) groups excluding carboxylic acids is 1. The molecule has 4 nitrogen and oxygen atoms in total. The maximum absolute atomic E-state index is 10.7. The Morgan fingerprint density at radius 3 is 3.08 bits per heavy atom. The summed E-state index contributed by atoms with van der Waals surface area (Å²) in [6.07, 6.45) is 3.19. The number of pyridine rings is 1. The van der Waals surface area contributed by atoms with Crippen molar-refractivity contribution in [2.75, 3.05) is 0 Å². The van der Waals surface area contributed by atoms with Crippen molar-refractivity contribution in [1.82, 2.24) is 15.0 Å². The van der Waals surface area contributed by atoms with Crippen LogP contribution in [0, 0.1) is 0 Å². The second kappa shape index (κ2) is 2.57. The number of carbonyl (C=O) groups is 1. The first-order valence-electron chi connectivity index (χ1n) is 3.27. The fourth-order valence-corrected chi connectivity index (χ4v) is 1.04. The predicted molar refractivity (Wildman–Crippen MR) is 44.1 cm³/mol. The van der Waals surface area contributed by atoms with E-state index in [0.29, 0.717) is 11.0 Å². The molecule has 5 heteroatoms. The molecule has 2 rings (SSSR count). The van der Waals surface area contributed by atoms with Gasteiger partial charge in [0.25, 0.3) is 5.24 Å². The number of aromatic nitrogens is 3. The van der Waals surface area contributed by atoms with Gasteiger partial charge < -0.3 is 4.98 Å². The van der Waals surface area contributed by atoms with Gasteiger partial charge in [0, 0.05) is 6.20 Å². The summed E-state index contributed by atoms with van der Waals surface area (Å²) >= 11 is 5.22. The summed E-state index contributed by atoms with van der Waals surface area (Å²) in [5.74, 6) is 0.152. The predicted octanol–water partition coefficient (Wildman–Crippen LogP) is 1.34. The lowest BCUT2D eigenvalue weighted by Crippen LogP contribution is -1.89. The van der Waals surface area contributed by atoms with Gasteiger partial charge >= 0.3 is 0 Å². The first-order valence-corrected chi connectivity index (χ1v) is 3.65. The number of hydrogen-bond acceptors (Lipinski definition) is 3. The molecule has 2 aromatic rings. The quantitative estimate of drug-likeness (QED) is 0.676. The van der Waals surface area contributed by atoms with Crippen LogP contribution in [0.3, 0.4) is 0 Å². The summed E-state index contributed by atoms with van der Waals surface area (Å²) in [7, 11) is 0. The number of hydrogen-bond donors (Lipinski definition) is 1. The Labute approximate surface area is 72.6 Å². The van der Waals surface area contributed by atoms with Crippen LogP contribution >= 0.6 is 11.6 Å². The Hall–Kier alpha value is -1.42. The van der Waals surface area contributed by atoms with E-state index in [4.69, 9.17) is 11.6 Å². The molecule has 0 saturated carbocycles. The zero-order chi connectivity index (χ0) is 8.55. The maximum atomic E-state index is 10.7. The number of rotatable bonds is 1. The van der Waals surface area contributed by atoms with Crippen molar-refractivity contribution in [1.29, 1.82) is 0 Å². The van der Waals surface area contributed by atoms with Crippen LogP contribution in [0.25, 0.3) is 11.0 Å². The van der Waals surface area contributed by atoms with Crippen LogP contribution in [-0.2, 0) is 0 Å². The first kappa shape index (κ1) is 7.24. The third kappa shape index (κ3) is 1.06. The number of aromatic amines is 1. The highest BCUT2D eigenvalue weighted by Gasteiger charge is 2.07. The molecule has 2 heterocycles. The first-order chi connectivity index (χ1) is 5.77. The van der Waals surface area contributed by atoms with Gasteiger partial charge in [-0.15, -0.1) is 0 Å². The number of nitrogens with zero attached hydrogens (tertiary/aromatic N) is 2. The van der Waals surface area contributed by atoms with Gasteiger partial charge in [-0.25, -0.2) is 4.98 Å². The molecule has 0 bridgehead atoms. The molecule has 0 aliphatic rings. The van der Waals surface area contributed by atoms with Gasteiger partial charge in [0.2, 0.25) is 0 Å². The van der Waals surface area contributed by atoms with E-state index in [-0.39, 0.29) is 5.82 Å². The van der Waals surface area contributed by atoms with Crippen molar-refractivity contribution in [3.63, 3.8) is 0 Å². The molecule has 0 aliphatic heterocycles. The van der Waals surface area contributed by atoms with E-state index in [9.17, 15) is 4.79 Å². The summed E-state index contributed by atoms with van der Waals surface area (Å²) in [6, 6.07) is 1.70. The molecule has 12 heavy (non-hydrogen) atoms. The van der Waals surface area contributed by atoms with Gasteiger partial charge in [0.15, 0.2) is 5.82 Å². The molecule has 0 unspecified atom stereocenters. The molecule has 0 aromatic carbocycles. The highest BCUT2D eigenvalue weighted by Crippen LogP contribution is 2.09. The van der Waals surface area contributed by atoms with Crippen molar-refractivity contribution < 1.29 is 4.79 Å². The molecule has 0 saturated heterocycles. The Morgan fingerprint density at radius 1 is 1.58 bits per heavy atom. The summed E-state index contributed by atoms with van der Waals surface area (Å²) < 4.78 is 0. The molecule has 0 fully saturated rings. The van der Waals surface area contributed by atoms with E-state index >= 15 is 0 Å². The Balaban J connectivity index is 2.70. The van der Waals surface area contributed by atoms with Crippen molar-refractivity contribution >= 4 is 27.9 Å². The Bertz CT molecular complexity index is 404. The van der Waals surface area contributed by atoms with E-state index in [1.165, 1.54) is 0 Å². The van der Waals surface area contributed by atoms with Crippen LogP contribution in [0.2, 0.25) is 0 Å². The van der Waals surface area contributed by atoms with E-state index in [2.05, 4.69) is 15.0 Å². The molecule has 2 aromatic heterocycles. The number of fused-ring (bicyclic) bond motifs is 1. The second-order valence-corrected chi connectivity index (χ2v) is 2.60. The van der Waals surface area contributed by atoms with Gasteiger partial charge in [-0.05, 0) is 17.7 Å². The van der Waals surface area contributed by atoms with Gasteiger partial charge in [0.1, 0.15) is 0 Å². The van der Waals surface area contributed by atoms with Crippen LogP contribution < -0.4 is 0 Å². The monoisotopic (exact) mass is 181 g/mol. The van der Waals surface area contributed by atoms with Crippen molar-refractivity contribution in [2.24, 2.45) is 0 Å². The second-order valence-electron chi connectivity index (χ2n) is 2.25. The standard InChI is InChI=1S/C7H4ClN3O/c8-6(12)7-10-4-1-2-9-3-5(4)11-7/h1-3H,(H,10,11). The van der Waals surface area contributed by atoms with Crippen LogP contribution in [0.5, 0.6) is 0 Å². The fraction of sp³-hybridized carbons (Fsp3) is 0. The zero-order valence-corrected chi connectivity index (χ0v) is 6.67. The van der Waals surface area contributed by atoms with Crippen LogP contribution in [0.4, 0.5) is 0 Å². The van der Waals surface area contributed by atoms with E-state index in [0.717, 1.165) is 0 Å². The molecule has 0 radical (unpaired) electrons. The third-order valence-electron chi connectivity index (χ3n) is 1.47. The lowest BCUT2D eigenvalue weighted by Gasteiger charge is -1.81. The summed E-state index contributed by atoms with van der Waals surface area (Å²) in [6.45, 7) is 0. The number of H-pyrrole nitrogens is 1. The lowest BCUT2D eigenvalue weighted by atomic mass is 10.4. The van der Waals surface area contributed by atoms with Gasteiger partial charge in [-0.3, -0.25) is 9.78 Å². The molecule has 60 valence electrons. The summed E-state index contributed by atoms with van der Waals surface area (Å²) in [5, 5.41) is -0.591. The maximum Gasteiger partial charge on any atom is 0.287 e. The van der Waals surface area contributed by atoms with Crippen molar-refractivity contribution in [3.05, 3.63) is 24.3 Å². The molecule has 0 amide bonds. The average Bonchev–Trinajstić information content (AvgIpc) is 2.46. The molecule has 0 spiro atoms. The minimum Gasteiger partial charge on any atom is -0.333 e. The SMILES string of the molecule is O=C(Cl)c1nc2ccncc2[nH]1. The largest absolute Gasteiger partial charge is 0.333 e. The highest BCUT2D eigenvalue weighted by molar-refractivity contribution is 6.67. The van der Waals surface area contributed by atoms with Gasteiger partial charge in [0.05, 0.1) is 17.2 Å². The topological polar surface area (TPSA) is 58.6 Å². The summed E-state index contributed by atoms with van der Waals surface area (Å²) in [5.41, 5.74) is 1.40. The summed E-state index contributed by atoms with van der Waals surface area (Å²) in [4.78, 5) is 21.2. The van der Waals surface area contributed by atoms with Crippen molar-refractivity contribution in [3.8, 4) is 0 Å². The third-order valence-corrected chi connectivity index (χ3v) is 1.65. The van der Waals surface area contributed by atoms with Crippen molar-refractivity contribution in [2.45, 2.75) is 0 Å². The molecule has 1 N–H and O–H groups in total. The van der Waals surface area contributed by atoms with Crippen LogP contribution in [0.1, 0.15) is 10.6 Å². The van der Waals surface area contributed by atoms with E-state index in [1.54, 1.807) is 18.5 Å². The van der Waals surface area contributed by atoms with Gasteiger partial charge in [-0.1, -0.05) is 0 Å². The van der Waals surface area contributed by atoms with Gasteiger partial charge in [-0.2, -0.15) is 0 Å². The fourth-order valence-electron chi connectivity index (χ4n) is 0.950. The molecular formula is C7H4ClN3O. The Kier molecular flexibility index (Phi) is 1.55. The number of halogens is 1. The minimum absolute atomic E-state index is 0.152. The molecule has 0 atom stereocenters. The zero-order valence-electron chi connectivity index (χ0n) is 5.91. The highest BCUT2D eigenvalue weighted by atomic mass is 35.5. The minimum atomic E-state index is -0.591. The number of nitrogens with one attached hydrogen (secondary N) is 1.